The number of amides is 1. The van der Waals surface area contributed by atoms with Gasteiger partial charge in [-0.05, 0) is 44.4 Å². The van der Waals surface area contributed by atoms with Crippen molar-refractivity contribution in [2.24, 2.45) is 0 Å². The van der Waals surface area contributed by atoms with Crippen molar-refractivity contribution >= 4 is 52.8 Å². The zero-order valence-corrected chi connectivity index (χ0v) is 23.9. The maximum atomic E-state index is 13.4. The third-order valence-corrected chi connectivity index (χ3v) is 8.00. The molecule has 2 fully saturated rings. The van der Waals surface area contributed by atoms with Crippen molar-refractivity contribution in [3.05, 3.63) is 46.0 Å². The van der Waals surface area contributed by atoms with Crippen molar-refractivity contribution in [3.63, 3.8) is 0 Å². The van der Waals surface area contributed by atoms with Gasteiger partial charge in [0.1, 0.15) is 11.5 Å². The monoisotopic (exact) mass is 564 g/mol. The van der Waals surface area contributed by atoms with Gasteiger partial charge < -0.3 is 15.5 Å². The summed E-state index contributed by atoms with van der Waals surface area (Å²) in [5.74, 6) is 1.37. The van der Waals surface area contributed by atoms with Crippen molar-refractivity contribution in [1.29, 1.82) is 0 Å². The molecule has 212 valence electrons. The number of piperazine rings is 1. The number of Topliss-reactive ketones (excluding diaryl/α,β-unsaturated/α-hetero) is 1. The molecule has 0 atom stereocenters. The van der Waals surface area contributed by atoms with Crippen LogP contribution in [0.5, 0.6) is 0 Å². The van der Waals surface area contributed by atoms with Crippen LogP contribution < -0.4 is 21.1 Å². The Kier molecular flexibility index (Phi) is 8.65. The van der Waals surface area contributed by atoms with Crippen LogP contribution in [0.1, 0.15) is 54.6 Å². The van der Waals surface area contributed by atoms with Gasteiger partial charge in [-0.15, -0.1) is 0 Å². The van der Waals surface area contributed by atoms with Gasteiger partial charge in [-0.2, -0.15) is 17.6 Å². The van der Waals surface area contributed by atoms with Crippen LogP contribution in [0.2, 0.25) is 0 Å². The number of ketones is 1. The van der Waals surface area contributed by atoms with Crippen molar-refractivity contribution < 1.29 is 9.59 Å². The number of hydrogen-bond acceptors (Lipinski definition) is 10. The van der Waals surface area contributed by atoms with Crippen molar-refractivity contribution in [2.75, 3.05) is 55.2 Å². The molecular weight excluding hydrogens is 528 g/mol. The third kappa shape index (κ3) is 5.97. The number of carbonyl (C=O) groups is 2. The van der Waals surface area contributed by atoms with Crippen LogP contribution in [0, 0.1) is 6.92 Å². The molecule has 2 N–H and O–H groups in total. The lowest BCUT2D eigenvalue weighted by molar-refractivity contribution is -0.122. The van der Waals surface area contributed by atoms with Crippen molar-refractivity contribution in [2.45, 2.75) is 45.6 Å². The standard InChI is InChI=1S/C28H36N8O3S/c1-18-22-16-31-28(33-26(22)36(20-5-3-4-6-20)27(39)25(18)19(2)37)32-23-8-7-21(15-30-23)35-12-10-34(11-13-35)17-24(38)29-9-14-40/h7-8,15-16,20,40H,3-6,9-14,17H2,1-2H3,(H,29,38)(H,30,31,32,33). The molecule has 0 bridgehead atoms. The Bertz CT molecular complexity index is 1440. The van der Waals surface area contributed by atoms with Gasteiger partial charge in [0.25, 0.3) is 5.56 Å². The Morgan fingerprint density at radius 1 is 1.07 bits per heavy atom. The molecule has 12 heteroatoms. The molecule has 1 saturated heterocycles. The number of thiol groups is 1. The SMILES string of the molecule is CC(=O)c1c(C)c2cnc(Nc3ccc(N4CCN(CC(=O)NCCS)CC4)cn3)nc2n(C2CCCC2)c1=O. The number of aryl methyl sites for hydroxylation is 1. The normalized spacial score (nSPS) is 16.4. The Hall–Kier alpha value is -3.51. The maximum Gasteiger partial charge on any atom is 0.263 e. The highest BCUT2D eigenvalue weighted by atomic mass is 32.1. The van der Waals surface area contributed by atoms with E-state index in [0.29, 0.717) is 47.2 Å². The van der Waals surface area contributed by atoms with Gasteiger partial charge in [-0.25, -0.2) is 9.97 Å². The van der Waals surface area contributed by atoms with Crippen LogP contribution in [0.15, 0.2) is 29.3 Å². The van der Waals surface area contributed by atoms with Gasteiger partial charge in [-0.1, -0.05) is 12.8 Å². The Morgan fingerprint density at radius 3 is 2.48 bits per heavy atom. The lowest BCUT2D eigenvalue weighted by Crippen LogP contribution is -2.49. The summed E-state index contributed by atoms with van der Waals surface area (Å²) in [6.07, 6.45) is 7.38. The van der Waals surface area contributed by atoms with Crippen LogP contribution in [0.3, 0.4) is 0 Å². The molecule has 1 aliphatic heterocycles. The van der Waals surface area contributed by atoms with E-state index in [0.717, 1.165) is 57.5 Å². The van der Waals surface area contributed by atoms with Crippen molar-refractivity contribution in [3.8, 4) is 0 Å². The summed E-state index contributed by atoms with van der Waals surface area (Å²) < 4.78 is 1.71. The summed E-state index contributed by atoms with van der Waals surface area (Å²) in [5, 5.41) is 6.75. The first-order valence-electron chi connectivity index (χ1n) is 13.9. The molecule has 5 rings (SSSR count). The van der Waals surface area contributed by atoms with Gasteiger partial charge in [0.2, 0.25) is 11.9 Å². The predicted octanol–water partition coefficient (Wildman–Crippen LogP) is 2.72. The minimum Gasteiger partial charge on any atom is -0.368 e. The zero-order chi connectivity index (χ0) is 28.2. The van der Waals surface area contributed by atoms with Gasteiger partial charge in [-0.3, -0.25) is 23.9 Å². The van der Waals surface area contributed by atoms with Crippen LogP contribution in [0.4, 0.5) is 17.5 Å². The van der Waals surface area contributed by atoms with E-state index >= 15 is 0 Å². The fourth-order valence-corrected chi connectivity index (χ4v) is 5.80. The first-order chi connectivity index (χ1) is 19.4. The highest BCUT2D eigenvalue weighted by molar-refractivity contribution is 7.80. The lowest BCUT2D eigenvalue weighted by atomic mass is 10.0. The number of nitrogens with one attached hydrogen (secondary N) is 2. The van der Waals surface area contributed by atoms with Crippen LogP contribution in [-0.2, 0) is 4.79 Å². The summed E-state index contributed by atoms with van der Waals surface area (Å²) in [4.78, 5) is 55.9. The van der Waals surface area contributed by atoms with Crippen molar-refractivity contribution in [1.82, 2.24) is 29.7 Å². The van der Waals surface area contributed by atoms with E-state index < -0.39 is 0 Å². The number of carbonyl (C=O) groups excluding carboxylic acids is 2. The summed E-state index contributed by atoms with van der Waals surface area (Å²) in [5.41, 5.74) is 2.12. The second-order valence-corrected chi connectivity index (χ2v) is 10.9. The minimum atomic E-state index is -0.269. The number of pyridine rings is 2. The number of anilines is 3. The molecule has 0 aromatic carbocycles. The van der Waals surface area contributed by atoms with Gasteiger partial charge in [0.15, 0.2) is 5.78 Å². The molecule has 40 heavy (non-hydrogen) atoms. The highest BCUT2D eigenvalue weighted by Crippen LogP contribution is 2.32. The number of nitrogens with zero attached hydrogens (tertiary/aromatic N) is 6. The quantitative estimate of drug-likeness (QED) is 0.266. The predicted molar refractivity (Wildman–Crippen MR) is 159 cm³/mol. The Labute approximate surface area is 238 Å². The molecule has 0 radical (unpaired) electrons. The second-order valence-electron chi connectivity index (χ2n) is 10.5. The van der Waals surface area contributed by atoms with Gasteiger partial charge in [0, 0.05) is 56.1 Å². The first kappa shape index (κ1) is 28.0. The molecule has 2 aliphatic rings. The number of hydrogen-bond donors (Lipinski definition) is 3. The molecule has 0 unspecified atom stereocenters. The fourth-order valence-electron chi connectivity index (χ4n) is 5.69. The lowest BCUT2D eigenvalue weighted by Gasteiger charge is -2.35. The van der Waals surface area contributed by atoms with Gasteiger partial charge >= 0.3 is 0 Å². The summed E-state index contributed by atoms with van der Waals surface area (Å²) in [7, 11) is 0. The smallest absolute Gasteiger partial charge is 0.263 e. The van der Waals surface area contributed by atoms with Crippen LogP contribution in [-0.4, -0.2) is 81.1 Å². The minimum absolute atomic E-state index is 0.0248. The molecule has 1 saturated carbocycles. The third-order valence-electron chi connectivity index (χ3n) is 7.78. The molecule has 3 aromatic heterocycles. The molecule has 4 heterocycles. The number of fused-ring (bicyclic) bond motifs is 1. The molecular formula is C28H36N8O3S. The molecule has 1 amide bonds. The molecule has 3 aromatic rings. The average Bonchev–Trinajstić information content (AvgIpc) is 3.47. The van der Waals surface area contributed by atoms with E-state index in [4.69, 9.17) is 4.98 Å². The highest BCUT2D eigenvalue weighted by Gasteiger charge is 2.26. The van der Waals surface area contributed by atoms with Crippen LogP contribution >= 0.6 is 12.6 Å². The van der Waals surface area contributed by atoms with E-state index in [1.165, 1.54) is 6.92 Å². The van der Waals surface area contributed by atoms with E-state index in [1.54, 1.807) is 17.7 Å². The summed E-state index contributed by atoms with van der Waals surface area (Å²) in [6.45, 7) is 7.42. The second kappa shape index (κ2) is 12.3. The van der Waals surface area contributed by atoms with Crippen LogP contribution in [0.25, 0.3) is 11.0 Å². The molecule has 11 nitrogen and oxygen atoms in total. The van der Waals surface area contributed by atoms with E-state index in [-0.39, 0.29) is 28.9 Å². The fraction of sp³-hybridized carbons (Fsp3) is 0.500. The average molecular weight is 565 g/mol. The largest absolute Gasteiger partial charge is 0.368 e. The zero-order valence-electron chi connectivity index (χ0n) is 23.0. The number of rotatable bonds is 9. The molecule has 1 aliphatic carbocycles. The molecule has 0 spiro atoms. The summed E-state index contributed by atoms with van der Waals surface area (Å²) >= 11 is 4.12. The van der Waals surface area contributed by atoms with E-state index in [2.05, 4.69) is 43.0 Å². The van der Waals surface area contributed by atoms with E-state index in [1.807, 2.05) is 18.3 Å². The first-order valence-corrected chi connectivity index (χ1v) is 14.5. The number of aromatic nitrogens is 4. The van der Waals surface area contributed by atoms with E-state index in [9.17, 15) is 14.4 Å². The topological polar surface area (TPSA) is 125 Å². The van der Waals surface area contributed by atoms with Gasteiger partial charge in [0.05, 0.1) is 24.0 Å². The Morgan fingerprint density at radius 2 is 1.82 bits per heavy atom. The maximum absolute atomic E-state index is 13.4. The Balaban J connectivity index is 1.30. The summed E-state index contributed by atoms with van der Waals surface area (Å²) in [6, 6.07) is 3.91.